The van der Waals surface area contributed by atoms with Crippen molar-refractivity contribution >= 4 is 29.0 Å². The summed E-state index contributed by atoms with van der Waals surface area (Å²) in [5, 5.41) is 13.5. The van der Waals surface area contributed by atoms with Crippen LogP contribution in [0.1, 0.15) is 16.9 Å². The first-order valence-corrected chi connectivity index (χ1v) is 7.85. The van der Waals surface area contributed by atoms with Crippen LogP contribution in [0.4, 0.5) is 0 Å². The van der Waals surface area contributed by atoms with Gasteiger partial charge in [-0.3, -0.25) is 4.79 Å². The van der Waals surface area contributed by atoms with Crippen molar-refractivity contribution in [2.45, 2.75) is 13.0 Å². The standard InChI is InChI=1S/C13H15NO2S2/c15-4-1-2-10-6-12(18-8-10)7-14-13(16)11-3-5-17-9-11/h6,8,11,15H,3-5,7,9H2,(H,14,16). The molecule has 1 atom stereocenters. The van der Waals surface area contributed by atoms with E-state index in [1.807, 2.05) is 23.2 Å². The van der Waals surface area contributed by atoms with Gasteiger partial charge in [-0.1, -0.05) is 11.8 Å². The van der Waals surface area contributed by atoms with E-state index in [1.165, 1.54) is 0 Å². The molecule has 0 bridgehead atoms. The van der Waals surface area contributed by atoms with Gasteiger partial charge in [-0.25, -0.2) is 0 Å². The molecule has 2 N–H and O–H groups in total. The van der Waals surface area contributed by atoms with Gasteiger partial charge >= 0.3 is 0 Å². The molecule has 3 nitrogen and oxygen atoms in total. The highest BCUT2D eigenvalue weighted by atomic mass is 32.2. The van der Waals surface area contributed by atoms with Crippen molar-refractivity contribution < 1.29 is 9.90 Å². The van der Waals surface area contributed by atoms with Gasteiger partial charge in [-0.2, -0.15) is 11.8 Å². The highest BCUT2D eigenvalue weighted by Crippen LogP contribution is 2.23. The summed E-state index contributed by atoms with van der Waals surface area (Å²) in [6.07, 6.45) is 0.994. The quantitative estimate of drug-likeness (QED) is 0.825. The second-order valence-corrected chi connectivity index (χ2v) is 6.19. The van der Waals surface area contributed by atoms with Gasteiger partial charge in [0.05, 0.1) is 6.54 Å². The number of carbonyl (C=O) groups excluding carboxylic acids is 1. The van der Waals surface area contributed by atoms with Crippen LogP contribution in [-0.2, 0) is 11.3 Å². The fourth-order valence-electron chi connectivity index (χ4n) is 1.74. The normalized spacial score (nSPS) is 18.2. The van der Waals surface area contributed by atoms with Gasteiger partial charge in [-0.15, -0.1) is 11.3 Å². The summed E-state index contributed by atoms with van der Waals surface area (Å²) >= 11 is 3.43. The Balaban J connectivity index is 1.82. The topological polar surface area (TPSA) is 49.3 Å². The van der Waals surface area contributed by atoms with Gasteiger partial charge < -0.3 is 10.4 Å². The Morgan fingerprint density at radius 2 is 2.50 bits per heavy atom. The van der Waals surface area contributed by atoms with Crippen LogP contribution in [0.25, 0.3) is 0 Å². The monoisotopic (exact) mass is 281 g/mol. The number of carbonyl (C=O) groups is 1. The lowest BCUT2D eigenvalue weighted by Gasteiger charge is -2.08. The number of aliphatic hydroxyl groups is 1. The molecule has 0 radical (unpaired) electrons. The Labute approximate surface area is 115 Å². The molecule has 0 saturated carbocycles. The fourth-order valence-corrected chi connectivity index (χ4v) is 3.72. The first-order valence-electron chi connectivity index (χ1n) is 5.82. The molecule has 1 unspecified atom stereocenters. The number of nitrogens with one attached hydrogen (secondary N) is 1. The lowest BCUT2D eigenvalue weighted by atomic mass is 10.1. The van der Waals surface area contributed by atoms with E-state index < -0.39 is 0 Å². The van der Waals surface area contributed by atoms with Crippen LogP contribution in [-0.4, -0.2) is 29.1 Å². The van der Waals surface area contributed by atoms with Crippen molar-refractivity contribution in [3.05, 3.63) is 21.9 Å². The molecule has 1 aliphatic heterocycles. The van der Waals surface area contributed by atoms with E-state index in [2.05, 4.69) is 17.2 Å². The summed E-state index contributed by atoms with van der Waals surface area (Å²) in [6.45, 7) is 0.451. The third kappa shape index (κ3) is 3.77. The zero-order valence-electron chi connectivity index (χ0n) is 9.94. The van der Waals surface area contributed by atoms with E-state index >= 15 is 0 Å². The number of aliphatic hydroxyl groups excluding tert-OH is 1. The Bertz CT molecular complexity index is 467. The minimum absolute atomic E-state index is 0.124. The van der Waals surface area contributed by atoms with Crippen molar-refractivity contribution in [2.75, 3.05) is 18.1 Å². The minimum atomic E-state index is -0.124. The lowest BCUT2D eigenvalue weighted by Crippen LogP contribution is -2.29. The summed E-state index contributed by atoms with van der Waals surface area (Å²) in [4.78, 5) is 12.9. The minimum Gasteiger partial charge on any atom is -0.384 e. The molecule has 1 saturated heterocycles. The van der Waals surface area contributed by atoms with Crippen molar-refractivity contribution in [3.8, 4) is 11.8 Å². The number of thioether (sulfide) groups is 1. The molecule has 1 aromatic heterocycles. The number of hydrogen-bond acceptors (Lipinski definition) is 4. The number of hydrogen-bond donors (Lipinski definition) is 2. The zero-order valence-corrected chi connectivity index (χ0v) is 11.6. The van der Waals surface area contributed by atoms with Gasteiger partial charge in [0.25, 0.3) is 0 Å². The molecule has 5 heteroatoms. The molecule has 0 spiro atoms. The van der Waals surface area contributed by atoms with Gasteiger partial charge in [0.15, 0.2) is 0 Å². The van der Waals surface area contributed by atoms with Crippen LogP contribution in [0.5, 0.6) is 0 Å². The van der Waals surface area contributed by atoms with E-state index in [1.54, 1.807) is 11.3 Å². The maximum atomic E-state index is 11.8. The first-order chi connectivity index (χ1) is 8.79. The number of thiophene rings is 1. The Kier molecular flexibility index (Phi) is 5.12. The highest BCUT2D eigenvalue weighted by Gasteiger charge is 2.22. The smallest absolute Gasteiger partial charge is 0.224 e. The molecule has 2 heterocycles. The Morgan fingerprint density at radius 1 is 1.61 bits per heavy atom. The molecular formula is C13H15NO2S2. The Hall–Kier alpha value is -0.960. The molecule has 0 aliphatic carbocycles. The van der Waals surface area contributed by atoms with Crippen LogP contribution < -0.4 is 5.32 Å². The van der Waals surface area contributed by atoms with E-state index in [4.69, 9.17) is 5.11 Å². The van der Waals surface area contributed by atoms with E-state index in [0.717, 1.165) is 28.4 Å². The summed E-state index contributed by atoms with van der Waals surface area (Å²) in [5.74, 6) is 7.85. The van der Waals surface area contributed by atoms with E-state index in [9.17, 15) is 4.79 Å². The summed E-state index contributed by atoms with van der Waals surface area (Å²) < 4.78 is 0. The maximum Gasteiger partial charge on any atom is 0.224 e. The average molecular weight is 281 g/mol. The van der Waals surface area contributed by atoms with E-state index in [-0.39, 0.29) is 18.4 Å². The molecule has 2 rings (SSSR count). The van der Waals surface area contributed by atoms with Gasteiger partial charge in [0.1, 0.15) is 6.61 Å². The molecule has 1 fully saturated rings. The van der Waals surface area contributed by atoms with Crippen LogP contribution in [0.3, 0.4) is 0 Å². The molecule has 1 aromatic rings. The lowest BCUT2D eigenvalue weighted by molar-refractivity contribution is -0.124. The zero-order chi connectivity index (χ0) is 12.8. The van der Waals surface area contributed by atoms with Crippen LogP contribution in [0.15, 0.2) is 11.4 Å². The second kappa shape index (κ2) is 6.83. The largest absolute Gasteiger partial charge is 0.384 e. The van der Waals surface area contributed by atoms with Gasteiger partial charge in [-0.05, 0) is 18.2 Å². The number of amides is 1. The van der Waals surface area contributed by atoms with Crippen molar-refractivity contribution in [1.82, 2.24) is 5.32 Å². The summed E-state index contributed by atoms with van der Waals surface area (Å²) in [5.41, 5.74) is 0.898. The first kappa shape index (κ1) is 13.5. The van der Waals surface area contributed by atoms with Gasteiger partial charge in [0.2, 0.25) is 5.91 Å². The highest BCUT2D eigenvalue weighted by molar-refractivity contribution is 7.99. The summed E-state index contributed by atoms with van der Waals surface area (Å²) in [7, 11) is 0. The fraction of sp³-hybridized carbons (Fsp3) is 0.462. The predicted molar refractivity (Wildman–Crippen MR) is 75.6 cm³/mol. The third-order valence-electron chi connectivity index (χ3n) is 2.70. The Morgan fingerprint density at radius 3 is 3.22 bits per heavy atom. The molecule has 96 valence electrons. The van der Waals surface area contributed by atoms with E-state index in [0.29, 0.717) is 6.54 Å². The number of rotatable bonds is 3. The molecule has 0 aromatic carbocycles. The second-order valence-electron chi connectivity index (χ2n) is 4.04. The molecular weight excluding hydrogens is 266 g/mol. The van der Waals surface area contributed by atoms with Gasteiger partial charge in [0, 0.05) is 27.5 Å². The van der Waals surface area contributed by atoms with Crippen LogP contribution in [0, 0.1) is 17.8 Å². The average Bonchev–Trinajstić information content (AvgIpc) is 3.04. The van der Waals surface area contributed by atoms with Crippen molar-refractivity contribution in [2.24, 2.45) is 5.92 Å². The van der Waals surface area contributed by atoms with Crippen LogP contribution >= 0.6 is 23.1 Å². The maximum absolute atomic E-state index is 11.8. The predicted octanol–water partition coefficient (Wildman–Crippen LogP) is 1.46. The van der Waals surface area contributed by atoms with Crippen LogP contribution in [0.2, 0.25) is 0 Å². The molecule has 1 amide bonds. The molecule has 1 aliphatic rings. The molecule has 18 heavy (non-hydrogen) atoms. The summed E-state index contributed by atoms with van der Waals surface area (Å²) in [6, 6.07) is 1.96. The SMILES string of the molecule is O=C(NCc1cc(C#CCO)cs1)C1CCSC1. The van der Waals surface area contributed by atoms with Crippen molar-refractivity contribution in [1.29, 1.82) is 0 Å². The third-order valence-corrected chi connectivity index (χ3v) is 4.80. The van der Waals surface area contributed by atoms with Crippen molar-refractivity contribution in [3.63, 3.8) is 0 Å².